The smallest absolute Gasteiger partial charge is 0.272 e. The Balaban J connectivity index is 1.69. The summed E-state index contributed by atoms with van der Waals surface area (Å²) in [5, 5.41) is 17.7. The maximum Gasteiger partial charge on any atom is 0.362 e. The number of nitrogens with zero attached hydrogens (tertiary/aromatic N) is 6. The average molecular weight is 332 g/mol. The molecule has 23 heavy (non-hydrogen) atoms. The van der Waals surface area contributed by atoms with Crippen LogP contribution in [0.25, 0.3) is 5.69 Å². The molecule has 1 amide bonds. The number of nitrogens with one attached hydrogen (secondary N) is 2. The molecule has 0 aliphatic rings. The van der Waals surface area contributed by atoms with Crippen LogP contribution in [0, 0.1) is 6.92 Å². The number of amides is 1. The van der Waals surface area contributed by atoms with Gasteiger partial charge in [-0.2, -0.15) is 14.5 Å². The van der Waals surface area contributed by atoms with E-state index in [4.69, 9.17) is 0 Å². The second-order valence-electron chi connectivity index (χ2n) is 4.51. The van der Waals surface area contributed by atoms with Gasteiger partial charge in [0.1, 0.15) is 6.33 Å². The fourth-order valence-corrected chi connectivity index (χ4v) is 2.52. The summed E-state index contributed by atoms with van der Waals surface area (Å²) >= 11 is 1.16. The van der Waals surface area contributed by atoms with Gasteiger partial charge in [0.2, 0.25) is 11.1 Å². The van der Waals surface area contributed by atoms with E-state index in [1.807, 2.05) is 31.2 Å². The maximum absolute atomic E-state index is 11.9. The first-order valence-electron chi connectivity index (χ1n) is 6.54. The number of carbonyl (C=O) groups is 1. The van der Waals surface area contributed by atoms with E-state index < -0.39 is 5.69 Å². The van der Waals surface area contributed by atoms with Crippen LogP contribution >= 0.6 is 11.8 Å². The molecule has 0 saturated carbocycles. The Hall–Kier alpha value is -2.95. The van der Waals surface area contributed by atoms with E-state index in [0.717, 1.165) is 27.7 Å². The zero-order chi connectivity index (χ0) is 16.2. The second kappa shape index (κ2) is 6.44. The summed E-state index contributed by atoms with van der Waals surface area (Å²) in [4.78, 5) is 23.1. The van der Waals surface area contributed by atoms with Gasteiger partial charge < -0.3 is 0 Å². The molecular formula is C12H12N8O2S. The van der Waals surface area contributed by atoms with Crippen molar-refractivity contribution in [2.75, 3.05) is 11.2 Å². The third-order valence-electron chi connectivity index (χ3n) is 2.91. The predicted octanol–water partition coefficient (Wildman–Crippen LogP) is -0.282. The van der Waals surface area contributed by atoms with Crippen molar-refractivity contribution in [3.05, 3.63) is 46.6 Å². The van der Waals surface area contributed by atoms with Crippen LogP contribution in [0.15, 0.2) is 40.5 Å². The van der Waals surface area contributed by atoms with E-state index >= 15 is 0 Å². The highest BCUT2D eigenvalue weighted by molar-refractivity contribution is 7.99. The minimum Gasteiger partial charge on any atom is -0.272 e. The molecule has 3 aromatic rings. The van der Waals surface area contributed by atoms with Gasteiger partial charge in [-0.15, -0.1) is 5.10 Å². The SMILES string of the molecule is Cc1ccccc1-n1nnnc1SCC(=O)Nn1cn[nH]c1=O. The van der Waals surface area contributed by atoms with Crippen LogP contribution in [0.5, 0.6) is 0 Å². The third-order valence-corrected chi connectivity index (χ3v) is 3.83. The Morgan fingerprint density at radius 2 is 2.22 bits per heavy atom. The first-order valence-corrected chi connectivity index (χ1v) is 7.53. The molecule has 2 heterocycles. The second-order valence-corrected chi connectivity index (χ2v) is 5.46. The molecule has 11 heteroatoms. The number of aromatic amines is 1. The summed E-state index contributed by atoms with van der Waals surface area (Å²) in [7, 11) is 0. The van der Waals surface area contributed by atoms with Crippen LogP contribution in [0.1, 0.15) is 5.56 Å². The summed E-state index contributed by atoms with van der Waals surface area (Å²) in [5.74, 6) is -0.331. The van der Waals surface area contributed by atoms with Gasteiger partial charge in [0.15, 0.2) is 0 Å². The number of carbonyl (C=O) groups excluding carboxylic acids is 1. The number of thioether (sulfide) groups is 1. The fourth-order valence-electron chi connectivity index (χ4n) is 1.85. The average Bonchev–Trinajstić information content (AvgIpc) is 3.15. The quantitative estimate of drug-likeness (QED) is 0.616. The van der Waals surface area contributed by atoms with Gasteiger partial charge in [-0.3, -0.25) is 10.2 Å². The predicted molar refractivity (Wildman–Crippen MR) is 81.8 cm³/mol. The van der Waals surface area contributed by atoms with Crippen LogP contribution in [0.4, 0.5) is 0 Å². The summed E-state index contributed by atoms with van der Waals surface area (Å²) in [6, 6.07) is 7.65. The van der Waals surface area contributed by atoms with Crippen LogP contribution in [0.2, 0.25) is 0 Å². The zero-order valence-electron chi connectivity index (χ0n) is 12.0. The standard InChI is InChI=1S/C12H12N8O2S/c1-8-4-2-3-5-9(8)20-12(15-17-18-20)23-6-10(21)16-19-7-13-14-11(19)22/h2-5,7H,6H2,1H3,(H,14,22)(H,16,21). The Bertz CT molecular complexity index is 883. The van der Waals surface area contributed by atoms with Crippen molar-refractivity contribution in [2.45, 2.75) is 12.1 Å². The van der Waals surface area contributed by atoms with Crippen LogP contribution in [-0.4, -0.2) is 46.7 Å². The normalized spacial score (nSPS) is 10.7. The molecule has 0 fully saturated rings. The van der Waals surface area contributed by atoms with Crippen molar-refractivity contribution in [1.82, 2.24) is 35.1 Å². The van der Waals surface area contributed by atoms with Crippen molar-refractivity contribution in [2.24, 2.45) is 0 Å². The van der Waals surface area contributed by atoms with E-state index in [1.165, 1.54) is 6.33 Å². The number of aromatic nitrogens is 7. The molecule has 2 aromatic heterocycles. The first-order chi connectivity index (χ1) is 11.1. The molecule has 1 aromatic carbocycles. The van der Waals surface area contributed by atoms with E-state index in [1.54, 1.807) is 4.68 Å². The Morgan fingerprint density at radius 3 is 2.96 bits per heavy atom. The highest BCUT2D eigenvalue weighted by atomic mass is 32.2. The maximum atomic E-state index is 11.9. The topological polar surface area (TPSA) is 123 Å². The zero-order valence-corrected chi connectivity index (χ0v) is 12.8. The van der Waals surface area contributed by atoms with E-state index in [9.17, 15) is 9.59 Å². The monoisotopic (exact) mass is 332 g/mol. The minimum atomic E-state index is -0.520. The van der Waals surface area contributed by atoms with Gasteiger partial charge in [0.25, 0.3) is 0 Å². The van der Waals surface area contributed by atoms with Crippen LogP contribution < -0.4 is 11.1 Å². The van der Waals surface area contributed by atoms with Crippen molar-refractivity contribution in [3.8, 4) is 5.69 Å². The summed E-state index contributed by atoms with van der Waals surface area (Å²) < 4.78 is 2.53. The van der Waals surface area contributed by atoms with E-state index in [2.05, 4.69) is 31.1 Å². The van der Waals surface area contributed by atoms with E-state index in [-0.39, 0.29) is 11.7 Å². The number of aryl methyl sites for hydroxylation is 1. The number of tetrazole rings is 1. The minimum absolute atomic E-state index is 0.0455. The fraction of sp³-hybridized carbons (Fsp3) is 0.167. The number of H-pyrrole nitrogens is 1. The third kappa shape index (κ3) is 3.29. The molecule has 10 nitrogen and oxygen atoms in total. The highest BCUT2D eigenvalue weighted by Crippen LogP contribution is 2.20. The van der Waals surface area contributed by atoms with Gasteiger partial charge in [0.05, 0.1) is 11.4 Å². The number of benzene rings is 1. The van der Waals surface area contributed by atoms with Gasteiger partial charge in [-0.25, -0.2) is 9.89 Å². The Kier molecular flexibility index (Phi) is 4.19. The lowest BCUT2D eigenvalue weighted by atomic mass is 10.2. The molecule has 0 saturated heterocycles. The van der Waals surface area contributed by atoms with Gasteiger partial charge in [-0.1, -0.05) is 30.0 Å². The molecule has 0 aliphatic heterocycles. The van der Waals surface area contributed by atoms with E-state index in [0.29, 0.717) is 5.16 Å². The molecule has 0 unspecified atom stereocenters. The largest absolute Gasteiger partial charge is 0.362 e. The lowest BCUT2D eigenvalue weighted by Crippen LogP contribution is -2.31. The number of hydrogen-bond acceptors (Lipinski definition) is 7. The van der Waals surface area contributed by atoms with Gasteiger partial charge in [-0.05, 0) is 29.0 Å². The Labute approximate surface area is 133 Å². The lowest BCUT2D eigenvalue weighted by Gasteiger charge is -2.07. The molecule has 0 radical (unpaired) electrons. The summed E-state index contributed by atoms with van der Waals surface area (Å²) in [5.41, 5.74) is 3.73. The molecule has 2 N–H and O–H groups in total. The van der Waals surface area contributed by atoms with Gasteiger partial charge in [0, 0.05) is 0 Å². The first kappa shape index (κ1) is 15.0. The van der Waals surface area contributed by atoms with Crippen molar-refractivity contribution >= 4 is 17.7 Å². The summed E-state index contributed by atoms with van der Waals surface area (Å²) in [6.45, 7) is 1.95. The molecule has 3 rings (SSSR count). The molecule has 0 aliphatic carbocycles. The van der Waals surface area contributed by atoms with Gasteiger partial charge >= 0.3 is 5.69 Å². The Morgan fingerprint density at radius 1 is 1.39 bits per heavy atom. The number of hydrogen-bond donors (Lipinski definition) is 2. The molecule has 118 valence electrons. The van der Waals surface area contributed by atoms with Crippen LogP contribution in [0.3, 0.4) is 0 Å². The number of para-hydroxylation sites is 1. The molecule has 0 spiro atoms. The summed E-state index contributed by atoms with van der Waals surface area (Å²) in [6.07, 6.45) is 1.18. The lowest BCUT2D eigenvalue weighted by molar-refractivity contribution is -0.114. The van der Waals surface area contributed by atoms with Crippen molar-refractivity contribution < 1.29 is 4.79 Å². The molecule has 0 bridgehead atoms. The number of rotatable bonds is 5. The highest BCUT2D eigenvalue weighted by Gasteiger charge is 2.13. The van der Waals surface area contributed by atoms with Crippen molar-refractivity contribution in [3.63, 3.8) is 0 Å². The van der Waals surface area contributed by atoms with Crippen LogP contribution in [-0.2, 0) is 4.79 Å². The molecule has 0 atom stereocenters. The van der Waals surface area contributed by atoms with Crippen molar-refractivity contribution in [1.29, 1.82) is 0 Å². The molecular weight excluding hydrogens is 320 g/mol.